The molecule has 2 nitrogen and oxygen atoms in total. The summed E-state index contributed by atoms with van der Waals surface area (Å²) in [5, 5.41) is 14.6. The van der Waals surface area contributed by atoms with E-state index in [9.17, 15) is 0 Å². The first kappa shape index (κ1) is 13.3. The number of nitrogens with one attached hydrogen (secondary N) is 2. The van der Waals surface area contributed by atoms with Gasteiger partial charge in [-0.1, -0.05) is 46.0 Å². The topological polar surface area (TPSA) is 47.7 Å². The Morgan fingerprint density at radius 1 is 1.14 bits per heavy atom. The van der Waals surface area contributed by atoms with Crippen molar-refractivity contribution in [2.45, 2.75) is 58.8 Å². The van der Waals surface area contributed by atoms with Gasteiger partial charge in [-0.15, -0.1) is 0 Å². The van der Waals surface area contributed by atoms with E-state index in [2.05, 4.69) is 13.8 Å². The Balaban J connectivity index is 3.52. The van der Waals surface area contributed by atoms with E-state index in [1.807, 2.05) is 0 Å². The molecule has 2 N–H and O–H groups in total. The first-order valence-electron chi connectivity index (χ1n) is 5.85. The zero-order valence-corrected chi connectivity index (χ0v) is 9.60. The molecule has 0 aliphatic rings. The molecule has 0 fully saturated rings. The lowest BCUT2D eigenvalue weighted by Crippen LogP contribution is -2.13. The molecular weight excluding hydrogens is 172 g/mol. The molecule has 1 unspecified atom stereocenters. The van der Waals surface area contributed by atoms with E-state index in [0.29, 0.717) is 11.6 Å². The Morgan fingerprint density at radius 3 is 2.29 bits per heavy atom. The summed E-state index contributed by atoms with van der Waals surface area (Å²) in [5.74, 6) is 0.328. The van der Waals surface area contributed by atoms with Gasteiger partial charge in [0.2, 0.25) is 0 Å². The predicted octanol–water partition coefficient (Wildman–Crippen LogP) is 4.04. The summed E-state index contributed by atoms with van der Waals surface area (Å²) in [6, 6.07) is 0. The molecule has 0 amide bonds. The van der Waals surface area contributed by atoms with Gasteiger partial charge in [-0.3, -0.25) is 0 Å². The number of hydrogen-bond acceptors (Lipinski definition) is 2. The van der Waals surface area contributed by atoms with Crippen LogP contribution in [-0.4, -0.2) is 11.9 Å². The summed E-state index contributed by atoms with van der Waals surface area (Å²) in [6.07, 6.45) is 9.73. The normalized spacial score (nSPS) is 12.4. The van der Waals surface area contributed by atoms with Crippen LogP contribution < -0.4 is 0 Å². The molecule has 0 saturated carbocycles. The van der Waals surface area contributed by atoms with Crippen LogP contribution >= 0.6 is 0 Å². The van der Waals surface area contributed by atoms with Gasteiger partial charge in [-0.05, 0) is 12.8 Å². The molecule has 82 valence electrons. The van der Waals surface area contributed by atoms with Crippen molar-refractivity contribution in [1.82, 2.24) is 0 Å². The molecule has 0 aromatic heterocycles. The van der Waals surface area contributed by atoms with Crippen molar-refractivity contribution in [2.24, 2.45) is 5.92 Å². The summed E-state index contributed by atoms with van der Waals surface area (Å²) in [5.41, 5.74) is 0.503. The van der Waals surface area contributed by atoms with Crippen molar-refractivity contribution in [3.05, 3.63) is 0 Å². The molecule has 0 saturated heterocycles. The van der Waals surface area contributed by atoms with E-state index in [4.69, 9.17) is 10.8 Å². The lowest BCUT2D eigenvalue weighted by molar-refractivity contribution is 0.534. The Morgan fingerprint density at radius 2 is 1.79 bits per heavy atom. The van der Waals surface area contributed by atoms with Crippen LogP contribution in [0.3, 0.4) is 0 Å². The largest absolute Gasteiger partial charge is 0.307 e. The maximum absolute atomic E-state index is 7.57. The molecule has 14 heavy (non-hydrogen) atoms. The fourth-order valence-corrected chi connectivity index (χ4v) is 1.69. The minimum absolute atomic E-state index is 0.328. The summed E-state index contributed by atoms with van der Waals surface area (Å²) in [6.45, 7) is 4.33. The molecule has 2 heteroatoms. The molecule has 1 atom stereocenters. The van der Waals surface area contributed by atoms with Gasteiger partial charge >= 0.3 is 0 Å². The van der Waals surface area contributed by atoms with Gasteiger partial charge in [-0.25, -0.2) is 0 Å². The van der Waals surface area contributed by atoms with Gasteiger partial charge in [0.25, 0.3) is 0 Å². The van der Waals surface area contributed by atoms with E-state index >= 15 is 0 Å². The van der Waals surface area contributed by atoms with Crippen molar-refractivity contribution >= 4 is 11.9 Å². The number of hydrogen-bond donors (Lipinski definition) is 2. The van der Waals surface area contributed by atoms with E-state index < -0.39 is 0 Å². The van der Waals surface area contributed by atoms with E-state index in [1.54, 1.807) is 0 Å². The summed E-state index contributed by atoms with van der Waals surface area (Å²) in [4.78, 5) is 0. The minimum atomic E-state index is 0.328. The van der Waals surface area contributed by atoms with Gasteiger partial charge in [0.05, 0.1) is 5.71 Å². The SMILES string of the molecule is CCCCCCCC(CC)C(=N)C=N. The predicted molar refractivity (Wildman–Crippen MR) is 63.7 cm³/mol. The zero-order chi connectivity index (χ0) is 10.8. The van der Waals surface area contributed by atoms with Crippen molar-refractivity contribution in [2.75, 3.05) is 0 Å². The molecule has 0 bridgehead atoms. The molecule has 0 rings (SSSR count). The van der Waals surface area contributed by atoms with Crippen molar-refractivity contribution < 1.29 is 0 Å². The first-order valence-corrected chi connectivity index (χ1v) is 5.85. The van der Waals surface area contributed by atoms with E-state index in [-0.39, 0.29) is 0 Å². The second kappa shape index (κ2) is 8.92. The molecule has 0 radical (unpaired) electrons. The van der Waals surface area contributed by atoms with Gasteiger partial charge < -0.3 is 10.8 Å². The Labute approximate surface area is 88.1 Å². The fraction of sp³-hybridized carbons (Fsp3) is 0.833. The van der Waals surface area contributed by atoms with E-state index in [0.717, 1.165) is 12.8 Å². The van der Waals surface area contributed by atoms with Crippen molar-refractivity contribution in [1.29, 1.82) is 10.8 Å². The summed E-state index contributed by atoms with van der Waals surface area (Å²) in [7, 11) is 0. The Kier molecular flexibility index (Phi) is 8.50. The third-order valence-electron chi connectivity index (χ3n) is 2.74. The third-order valence-corrected chi connectivity index (χ3v) is 2.74. The minimum Gasteiger partial charge on any atom is -0.307 e. The maximum Gasteiger partial charge on any atom is 0.0520 e. The Hall–Kier alpha value is -0.660. The smallest absolute Gasteiger partial charge is 0.0520 e. The average Bonchev–Trinajstić information content (AvgIpc) is 2.22. The lowest BCUT2D eigenvalue weighted by Gasteiger charge is -2.12. The zero-order valence-electron chi connectivity index (χ0n) is 9.60. The van der Waals surface area contributed by atoms with Crippen LogP contribution in [0.25, 0.3) is 0 Å². The maximum atomic E-state index is 7.57. The van der Waals surface area contributed by atoms with Crippen LogP contribution in [0.4, 0.5) is 0 Å². The molecule has 0 spiro atoms. The standard InChI is InChI=1S/C12H24N2/c1-3-5-6-7-8-9-11(4-2)12(14)10-13/h10-11,13-14H,3-9H2,1-2H3. The highest BCUT2D eigenvalue weighted by Crippen LogP contribution is 2.15. The molecule has 0 aliphatic carbocycles. The first-order chi connectivity index (χ1) is 6.76. The molecule has 0 aromatic carbocycles. The van der Waals surface area contributed by atoms with Crippen molar-refractivity contribution in [3.8, 4) is 0 Å². The third kappa shape index (κ3) is 5.90. The monoisotopic (exact) mass is 196 g/mol. The van der Waals surface area contributed by atoms with Gasteiger partial charge in [0, 0.05) is 12.1 Å². The van der Waals surface area contributed by atoms with Gasteiger partial charge in [0.15, 0.2) is 0 Å². The van der Waals surface area contributed by atoms with Gasteiger partial charge in [-0.2, -0.15) is 0 Å². The summed E-state index contributed by atoms with van der Waals surface area (Å²) >= 11 is 0. The molecule has 0 aliphatic heterocycles. The highest BCUT2D eigenvalue weighted by molar-refractivity contribution is 6.28. The van der Waals surface area contributed by atoms with Crippen molar-refractivity contribution in [3.63, 3.8) is 0 Å². The van der Waals surface area contributed by atoms with Crippen LogP contribution in [0.1, 0.15) is 58.8 Å². The molecule has 0 heterocycles. The highest BCUT2D eigenvalue weighted by atomic mass is 14.5. The lowest BCUT2D eigenvalue weighted by atomic mass is 9.94. The van der Waals surface area contributed by atoms with Crippen LogP contribution in [0.2, 0.25) is 0 Å². The van der Waals surface area contributed by atoms with Crippen LogP contribution in [-0.2, 0) is 0 Å². The van der Waals surface area contributed by atoms with E-state index in [1.165, 1.54) is 38.3 Å². The second-order valence-electron chi connectivity index (χ2n) is 3.91. The molecule has 0 aromatic rings. The molecular formula is C12H24N2. The van der Waals surface area contributed by atoms with Crippen LogP contribution in [0, 0.1) is 16.7 Å². The van der Waals surface area contributed by atoms with Gasteiger partial charge in [0.1, 0.15) is 0 Å². The fourth-order valence-electron chi connectivity index (χ4n) is 1.69. The van der Waals surface area contributed by atoms with Crippen LogP contribution in [0.15, 0.2) is 0 Å². The quantitative estimate of drug-likeness (QED) is 0.413. The highest BCUT2D eigenvalue weighted by Gasteiger charge is 2.09. The number of unbranched alkanes of at least 4 members (excludes halogenated alkanes) is 4. The average molecular weight is 196 g/mol. The summed E-state index contributed by atoms with van der Waals surface area (Å²) < 4.78 is 0. The number of rotatable bonds is 9. The van der Waals surface area contributed by atoms with Crippen LogP contribution in [0.5, 0.6) is 0 Å². The second-order valence-corrected chi connectivity index (χ2v) is 3.91. The Bertz CT molecular complexity index is 164.